The number of carbonyl (C=O) groups is 1. The SMILES string of the molecule is CCC(=O)C1CCOC2(CCSCC2)C1. The summed E-state index contributed by atoms with van der Waals surface area (Å²) in [5.41, 5.74) is 0.0684. The Kier molecular flexibility index (Phi) is 3.73. The minimum absolute atomic E-state index is 0.0684. The molecule has 1 unspecified atom stereocenters. The van der Waals surface area contributed by atoms with Crippen LogP contribution in [0.5, 0.6) is 0 Å². The van der Waals surface area contributed by atoms with Crippen LogP contribution in [-0.2, 0) is 9.53 Å². The van der Waals surface area contributed by atoms with Crippen LogP contribution in [0.3, 0.4) is 0 Å². The largest absolute Gasteiger partial charge is 0.375 e. The van der Waals surface area contributed by atoms with Crippen LogP contribution in [0.2, 0.25) is 0 Å². The van der Waals surface area contributed by atoms with Crippen molar-refractivity contribution >= 4 is 17.5 Å². The zero-order valence-corrected chi connectivity index (χ0v) is 10.3. The quantitative estimate of drug-likeness (QED) is 0.727. The Balaban J connectivity index is 1.99. The van der Waals surface area contributed by atoms with E-state index in [1.807, 2.05) is 18.7 Å². The molecule has 0 aliphatic carbocycles. The zero-order chi connectivity index (χ0) is 10.7. The van der Waals surface area contributed by atoms with Gasteiger partial charge in [0.1, 0.15) is 5.78 Å². The summed E-state index contributed by atoms with van der Waals surface area (Å²) >= 11 is 2.01. The van der Waals surface area contributed by atoms with Crippen LogP contribution in [0.15, 0.2) is 0 Å². The topological polar surface area (TPSA) is 26.3 Å². The molecule has 0 aromatic heterocycles. The third-order valence-corrected chi connectivity index (χ3v) is 4.69. The van der Waals surface area contributed by atoms with E-state index in [4.69, 9.17) is 4.74 Å². The van der Waals surface area contributed by atoms with Crippen molar-refractivity contribution in [2.75, 3.05) is 18.1 Å². The summed E-state index contributed by atoms with van der Waals surface area (Å²) in [6, 6.07) is 0. The molecule has 2 fully saturated rings. The fraction of sp³-hybridized carbons (Fsp3) is 0.917. The number of hydrogen-bond acceptors (Lipinski definition) is 3. The number of ketones is 1. The molecule has 0 bridgehead atoms. The second kappa shape index (κ2) is 4.88. The smallest absolute Gasteiger partial charge is 0.135 e. The van der Waals surface area contributed by atoms with Gasteiger partial charge in [0, 0.05) is 18.9 Å². The Morgan fingerprint density at radius 2 is 2.20 bits per heavy atom. The average molecular weight is 228 g/mol. The van der Waals surface area contributed by atoms with E-state index >= 15 is 0 Å². The third-order valence-electron chi connectivity index (χ3n) is 3.70. The van der Waals surface area contributed by atoms with Gasteiger partial charge in [-0.2, -0.15) is 11.8 Å². The van der Waals surface area contributed by atoms with E-state index in [1.54, 1.807) is 0 Å². The number of Topliss-reactive ketones (excluding diaryl/α,β-unsaturated/α-hetero) is 1. The van der Waals surface area contributed by atoms with Gasteiger partial charge in [0.25, 0.3) is 0 Å². The van der Waals surface area contributed by atoms with Crippen LogP contribution in [-0.4, -0.2) is 29.5 Å². The van der Waals surface area contributed by atoms with Crippen molar-refractivity contribution < 1.29 is 9.53 Å². The molecular formula is C12H20O2S. The van der Waals surface area contributed by atoms with Gasteiger partial charge in [-0.15, -0.1) is 0 Å². The van der Waals surface area contributed by atoms with Crippen LogP contribution in [0.4, 0.5) is 0 Å². The minimum atomic E-state index is 0.0684. The second-order valence-corrected chi connectivity index (χ2v) is 5.88. The van der Waals surface area contributed by atoms with E-state index in [-0.39, 0.29) is 11.5 Å². The van der Waals surface area contributed by atoms with Crippen molar-refractivity contribution in [3.8, 4) is 0 Å². The summed E-state index contributed by atoms with van der Waals surface area (Å²) in [5.74, 6) is 3.13. The fourth-order valence-corrected chi connectivity index (χ4v) is 3.92. The van der Waals surface area contributed by atoms with Crippen molar-refractivity contribution in [1.82, 2.24) is 0 Å². The molecule has 3 heteroatoms. The van der Waals surface area contributed by atoms with Gasteiger partial charge in [0.2, 0.25) is 0 Å². The van der Waals surface area contributed by atoms with Gasteiger partial charge < -0.3 is 4.74 Å². The Labute approximate surface area is 96.1 Å². The highest BCUT2D eigenvalue weighted by Crippen LogP contribution is 2.40. The van der Waals surface area contributed by atoms with E-state index < -0.39 is 0 Å². The molecule has 2 saturated heterocycles. The maximum atomic E-state index is 11.7. The predicted octanol–water partition coefficient (Wildman–Crippen LogP) is 2.66. The van der Waals surface area contributed by atoms with Crippen LogP contribution < -0.4 is 0 Å². The maximum absolute atomic E-state index is 11.7. The highest BCUT2D eigenvalue weighted by atomic mass is 32.2. The standard InChI is InChI=1S/C12H20O2S/c1-2-11(13)10-3-6-14-12(9-10)4-7-15-8-5-12/h10H,2-9H2,1H3. The monoisotopic (exact) mass is 228 g/mol. The molecule has 15 heavy (non-hydrogen) atoms. The molecule has 0 saturated carbocycles. The Bertz CT molecular complexity index is 228. The molecule has 2 heterocycles. The van der Waals surface area contributed by atoms with Gasteiger partial charge in [-0.25, -0.2) is 0 Å². The molecule has 2 nitrogen and oxygen atoms in total. The first-order valence-corrected chi connectivity index (χ1v) is 7.16. The summed E-state index contributed by atoms with van der Waals surface area (Å²) in [5, 5.41) is 0. The van der Waals surface area contributed by atoms with Gasteiger partial charge in [0.15, 0.2) is 0 Å². The lowest BCUT2D eigenvalue weighted by Gasteiger charge is -2.42. The van der Waals surface area contributed by atoms with Crippen molar-refractivity contribution in [1.29, 1.82) is 0 Å². The maximum Gasteiger partial charge on any atom is 0.135 e. The first kappa shape index (κ1) is 11.5. The van der Waals surface area contributed by atoms with Crippen molar-refractivity contribution in [3.05, 3.63) is 0 Å². The molecule has 0 amide bonds. The van der Waals surface area contributed by atoms with Gasteiger partial charge in [-0.3, -0.25) is 4.79 Å². The molecule has 1 spiro atoms. The minimum Gasteiger partial charge on any atom is -0.375 e. The molecule has 86 valence electrons. The second-order valence-electron chi connectivity index (χ2n) is 4.65. The van der Waals surface area contributed by atoms with Crippen LogP contribution >= 0.6 is 11.8 Å². The molecule has 0 aromatic rings. The highest BCUT2D eigenvalue weighted by molar-refractivity contribution is 7.99. The van der Waals surface area contributed by atoms with Gasteiger partial charge in [-0.1, -0.05) is 6.92 Å². The molecule has 0 aromatic carbocycles. The van der Waals surface area contributed by atoms with Crippen molar-refractivity contribution in [2.45, 2.75) is 44.6 Å². The zero-order valence-electron chi connectivity index (χ0n) is 9.46. The third kappa shape index (κ3) is 2.56. The molecule has 2 rings (SSSR count). The Morgan fingerprint density at radius 1 is 1.47 bits per heavy atom. The van der Waals surface area contributed by atoms with Gasteiger partial charge in [0.05, 0.1) is 5.60 Å². The van der Waals surface area contributed by atoms with Gasteiger partial charge in [-0.05, 0) is 37.2 Å². The van der Waals surface area contributed by atoms with E-state index in [1.165, 1.54) is 11.5 Å². The van der Waals surface area contributed by atoms with E-state index in [2.05, 4.69) is 0 Å². The summed E-state index contributed by atoms with van der Waals surface area (Å²) < 4.78 is 5.97. The van der Waals surface area contributed by atoms with Crippen molar-refractivity contribution in [2.24, 2.45) is 5.92 Å². The summed E-state index contributed by atoms with van der Waals surface area (Å²) in [6.45, 7) is 2.77. The van der Waals surface area contributed by atoms with E-state index in [0.29, 0.717) is 12.2 Å². The molecule has 1 atom stereocenters. The first-order valence-electron chi connectivity index (χ1n) is 6.00. The first-order chi connectivity index (χ1) is 7.26. The lowest BCUT2D eigenvalue weighted by molar-refractivity contribution is -0.138. The van der Waals surface area contributed by atoms with E-state index in [9.17, 15) is 4.79 Å². The molecule has 0 radical (unpaired) electrons. The number of rotatable bonds is 2. The summed E-state index contributed by atoms with van der Waals surface area (Å²) in [7, 11) is 0. The van der Waals surface area contributed by atoms with Crippen LogP contribution in [0, 0.1) is 5.92 Å². The molecule has 0 N–H and O–H groups in total. The highest BCUT2D eigenvalue weighted by Gasteiger charge is 2.40. The van der Waals surface area contributed by atoms with E-state index in [0.717, 1.165) is 32.3 Å². The fourth-order valence-electron chi connectivity index (χ4n) is 2.68. The van der Waals surface area contributed by atoms with Crippen LogP contribution in [0.25, 0.3) is 0 Å². The molecule has 2 aliphatic heterocycles. The van der Waals surface area contributed by atoms with Crippen molar-refractivity contribution in [3.63, 3.8) is 0 Å². The predicted molar refractivity (Wildman–Crippen MR) is 63.3 cm³/mol. The number of thioether (sulfide) groups is 1. The number of hydrogen-bond donors (Lipinski definition) is 0. The normalized spacial score (nSPS) is 30.3. The summed E-state index contributed by atoms with van der Waals surface area (Å²) in [4.78, 5) is 11.7. The average Bonchev–Trinajstić information content (AvgIpc) is 2.29. The lowest BCUT2D eigenvalue weighted by atomic mass is 9.79. The molecule has 2 aliphatic rings. The lowest BCUT2D eigenvalue weighted by Crippen LogP contribution is -2.44. The van der Waals surface area contributed by atoms with Crippen LogP contribution in [0.1, 0.15) is 39.0 Å². The number of carbonyl (C=O) groups excluding carboxylic acids is 1. The Hall–Kier alpha value is -0.0200. The molecular weight excluding hydrogens is 208 g/mol. The Morgan fingerprint density at radius 3 is 2.87 bits per heavy atom. The number of ether oxygens (including phenoxy) is 1. The van der Waals surface area contributed by atoms with Gasteiger partial charge >= 0.3 is 0 Å². The summed E-state index contributed by atoms with van der Waals surface area (Å²) in [6.07, 6.45) is 4.91.